The summed E-state index contributed by atoms with van der Waals surface area (Å²) >= 11 is 1.50. The lowest BCUT2D eigenvalue weighted by Crippen LogP contribution is -2.32. The Balaban J connectivity index is 2.94. The molecule has 0 fully saturated rings. The van der Waals surface area contributed by atoms with Gasteiger partial charge in [-0.25, -0.2) is 8.42 Å². The highest BCUT2D eigenvalue weighted by atomic mass is 32.2. The molecular formula is C13H24N2O2S2. The average molecular weight is 304 g/mol. The molecule has 0 aliphatic rings. The number of thiophene rings is 1. The Morgan fingerprint density at radius 1 is 1.32 bits per heavy atom. The molecule has 1 N–H and O–H groups in total. The first-order chi connectivity index (χ1) is 9.07. The van der Waals surface area contributed by atoms with Crippen molar-refractivity contribution in [2.45, 2.75) is 45.1 Å². The zero-order valence-electron chi connectivity index (χ0n) is 12.0. The highest BCUT2D eigenvalue weighted by Crippen LogP contribution is 2.25. The maximum atomic E-state index is 12.6. The maximum Gasteiger partial charge on any atom is 0.244 e. The summed E-state index contributed by atoms with van der Waals surface area (Å²) in [4.78, 5) is 1.37. The highest BCUT2D eigenvalue weighted by molar-refractivity contribution is 7.89. The summed E-state index contributed by atoms with van der Waals surface area (Å²) in [5, 5.41) is 5.05. The van der Waals surface area contributed by atoms with Gasteiger partial charge in [0.1, 0.15) is 0 Å². The van der Waals surface area contributed by atoms with Crippen LogP contribution in [-0.4, -0.2) is 32.4 Å². The fourth-order valence-corrected chi connectivity index (χ4v) is 4.72. The van der Waals surface area contributed by atoms with Gasteiger partial charge < -0.3 is 5.32 Å². The molecule has 4 nitrogen and oxygen atoms in total. The Bertz CT molecular complexity index is 469. The van der Waals surface area contributed by atoms with Crippen molar-refractivity contribution in [3.8, 4) is 0 Å². The summed E-state index contributed by atoms with van der Waals surface area (Å²) in [5.41, 5.74) is 0. The van der Waals surface area contributed by atoms with Crippen LogP contribution in [0.1, 0.15) is 38.5 Å². The lowest BCUT2D eigenvalue weighted by molar-refractivity contribution is 0.418. The zero-order valence-corrected chi connectivity index (χ0v) is 13.6. The molecule has 0 atom stereocenters. The van der Waals surface area contributed by atoms with Crippen LogP contribution in [-0.2, 0) is 16.6 Å². The van der Waals surface area contributed by atoms with Crippen LogP contribution >= 0.6 is 11.3 Å². The fourth-order valence-electron chi connectivity index (χ4n) is 1.85. The molecule has 0 saturated carbocycles. The van der Waals surface area contributed by atoms with E-state index in [1.807, 2.05) is 19.2 Å². The predicted octanol–water partition coefficient (Wildman–Crippen LogP) is 2.67. The molecule has 0 aliphatic heterocycles. The molecule has 0 aromatic carbocycles. The summed E-state index contributed by atoms with van der Waals surface area (Å²) in [7, 11) is -3.34. The van der Waals surface area contributed by atoms with Gasteiger partial charge in [-0.15, -0.1) is 11.3 Å². The van der Waals surface area contributed by atoms with E-state index in [1.165, 1.54) is 11.3 Å². The molecule has 1 aromatic rings. The number of hydrogen-bond donors (Lipinski definition) is 1. The predicted molar refractivity (Wildman–Crippen MR) is 81.0 cm³/mol. The van der Waals surface area contributed by atoms with Crippen LogP contribution in [0.2, 0.25) is 0 Å². The minimum Gasteiger partial charge on any atom is -0.312 e. The van der Waals surface area contributed by atoms with Crippen LogP contribution in [0.4, 0.5) is 0 Å². The van der Waals surface area contributed by atoms with Gasteiger partial charge in [0.2, 0.25) is 10.0 Å². The van der Waals surface area contributed by atoms with Crippen LogP contribution in [0.3, 0.4) is 0 Å². The fraction of sp³-hybridized carbons (Fsp3) is 0.692. The number of sulfonamides is 1. The third kappa shape index (κ3) is 4.27. The third-order valence-corrected chi connectivity index (χ3v) is 6.08. The number of hydrogen-bond acceptors (Lipinski definition) is 4. The van der Waals surface area contributed by atoms with Crippen molar-refractivity contribution < 1.29 is 8.42 Å². The first-order valence-electron chi connectivity index (χ1n) is 6.85. The molecule has 1 rings (SSSR count). The minimum absolute atomic E-state index is 0.469. The Hall–Kier alpha value is -0.430. The van der Waals surface area contributed by atoms with E-state index in [0.717, 1.165) is 24.3 Å². The molecule has 0 saturated heterocycles. The van der Waals surface area contributed by atoms with Crippen LogP contribution in [0.15, 0.2) is 16.3 Å². The molecule has 0 radical (unpaired) electrons. The summed E-state index contributed by atoms with van der Waals surface area (Å²) in [6, 6.07) is 1.72. The Kier molecular flexibility index (Phi) is 6.99. The van der Waals surface area contributed by atoms with Crippen molar-refractivity contribution in [2.75, 3.05) is 19.6 Å². The number of nitrogens with one attached hydrogen (secondary N) is 1. The quantitative estimate of drug-likeness (QED) is 0.763. The Morgan fingerprint density at radius 2 is 2.05 bits per heavy atom. The molecule has 110 valence electrons. The van der Waals surface area contributed by atoms with Crippen molar-refractivity contribution >= 4 is 21.4 Å². The van der Waals surface area contributed by atoms with Crippen molar-refractivity contribution in [1.29, 1.82) is 0 Å². The highest BCUT2D eigenvalue weighted by Gasteiger charge is 2.25. The Labute approximate surface area is 120 Å². The van der Waals surface area contributed by atoms with Gasteiger partial charge in [-0.2, -0.15) is 4.31 Å². The van der Waals surface area contributed by atoms with Gasteiger partial charge in [0.05, 0.1) is 4.90 Å². The van der Waals surface area contributed by atoms with Crippen LogP contribution in [0.5, 0.6) is 0 Å². The van der Waals surface area contributed by atoms with Gasteiger partial charge in [0, 0.05) is 24.5 Å². The lowest BCUT2D eigenvalue weighted by Gasteiger charge is -2.20. The van der Waals surface area contributed by atoms with E-state index in [0.29, 0.717) is 24.5 Å². The number of rotatable bonds is 9. The molecule has 19 heavy (non-hydrogen) atoms. The maximum absolute atomic E-state index is 12.6. The summed E-state index contributed by atoms with van der Waals surface area (Å²) < 4.78 is 26.8. The molecule has 0 unspecified atom stereocenters. The van der Waals surface area contributed by atoms with Gasteiger partial charge in [0.15, 0.2) is 0 Å². The van der Waals surface area contributed by atoms with E-state index >= 15 is 0 Å². The third-order valence-electron chi connectivity index (χ3n) is 2.97. The monoisotopic (exact) mass is 304 g/mol. The molecule has 0 amide bonds. The van der Waals surface area contributed by atoms with Gasteiger partial charge in [0.25, 0.3) is 0 Å². The smallest absolute Gasteiger partial charge is 0.244 e. The van der Waals surface area contributed by atoms with E-state index in [2.05, 4.69) is 12.2 Å². The van der Waals surface area contributed by atoms with Crippen molar-refractivity contribution in [3.63, 3.8) is 0 Å². The second-order valence-electron chi connectivity index (χ2n) is 4.34. The molecule has 0 bridgehead atoms. The van der Waals surface area contributed by atoms with Crippen molar-refractivity contribution in [3.05, 3.63) is 16.3 Å². The summed E-state index contributed by atoms with van der Waals surface area (Å²) in [6.07, 6.45) is 1.90. The first kappa shape index (κ1) is 16.6. The largest absolute Gasteiger partial charge is 0.312 e. The van der Waals surface area contributed by atoms with Crippen LogP contribution in [0, 0.1) is 0 Å². The SMILES string of the molecule is CCCCN(CC)S(=O)(=O)c1ccsc1CNCC. The van der Waals surface area contributed by atoms with Gasteiger partial charge in [-0.05, 0) is 24.4 Å². The topological polar surface area (TPSA) is 49.4 Å². The summed E-state index contributed by atoms with van der Waals surface area (Å²) in [6.45, 7) is 8.57. The van der Waals surface area contributed by atoms with Crippen molar-refractivity contribution in [2.24, 2.45) is 0 Å². The number of nitrogens with zero attached hydrogens (tertiary/aromatic N) is 1. The van der Waals surface area contributed by atoms with Gasteiger partial charge in [-0.1, -0.05) is 27.2 Å². The van der Waals surface area contributed by atoms with Gasteiger partial charge in [-0.3, -0.25) is 0 Å². The normalized spacial score (nSPS) is 12.2. The van der Waals surface area contributed by atoms with Crippen molar-refractivity contribution in [1.82, 2.24) is 9.62 Å². The van der Waals surface area contributed by atoms with E-state index in [1.54, 1.807) is 10.4 Å². The lowest BCUT2D eigenvalue weighted by atomic mass is 10.3. The van der Waals surface area contributed by atoms with E-state index < -0.39 is 10.0 Å². The van der Waals surface area contributed by atoms with Crippen LogP contribution < -0.4 is 5.32 Å². The van der Waals surface area contributed by atoms with E-state index in [9.17, 15) is 8.42 Å². The van der Waals surface area contributed by atoms with E-state index in [4.69, 9.17) is 0 Å². The second kappa shape index (κ2) is 7.99. The first-order valence-corrected chi connectivity index (χ1v) is 9.17. The molecule has 0 spiro atoms. The molecule has 1 aromatic heterocycles. The standard InChI is InChI=1S/C13H24N2O2S2/c1-4-7-9-15(6-3)19(16,17)13-8-10-18-12(13)11-14-5-2/h8,10,14H,4-7,9,11H2,1-3H3. The minimum atomic E-state index is -3.34. The molecule has 0 aliphatic carbocycles. The molecular weight excluding hydrogens is 280 g/mol. The average Bonchev–Trinajstić information content (AvgIpc) is 2.86. The molecule has 1 heterocycles. The van der Waals surface area contributed by atoms with Crippen LogP contribution in [0.25, 0.3) is 0 Å². The number of unbranched alkanes of at least 4 members (excludes halogenated alkanes) is 1. The zero-order chi connectivity index (χ0) is 14.3. The Morgan fingerprint density at radius 3 is 2.63 bits per heavy atom. The second-order valence-corrected chi connectivity index (χ2v) is 7.25. The summed E-state index contributed by atoms with van der Waals surface area (Å²) in [5.74, 6) is 0. The van der Waals surface area contributed by atoms with Gasteiger partial charge >= 0.3 is 0 Å². The molecule has 6 heteroatoms. The van der Waals surface area contributed by atoms with E-state index in [-0.39, 0.29) is 0 Å².